The Morgan fingerprint density at radius 3 is 2.43 bits per heavy atom. The van der Waals surface area contributed by atoms with Crippen molar-refractivity contribution in [2.45, 2.75) is 11.7 Å². The minimum Gasteiger partial charge on any atom is -0.431 e. The van der Waals surface area contributed by atoms with Gasteiger partial charge < -0.3 is 8.92 Å². The maximum atomic E-state index is 11.4. The predicted molar refractivity (Wildman–Crippen MR) is 63.8 cm³/mol. The van der Waals surface area contributed by atoms with Crippen LogP contribution in [-0.2, 0) is 38.9 Å². The second-order valence-electron chi connectivity index (χ2n) is 3.61. The summed E-state index contributed by atoms with van der Waals surface area (Å²) in [6.45, 7) is -0.721. The van der Waals surface area contributed by atoms with Gasteiger partial charge in [-0.15, -0.1) is 0 Å². The Morgan fingerprint density at radius 1 is 1.24 bits per heavy atom. The largest absolute Gasteiger partial charge is 0.549 e. The third-order valence-electron chi connectivity index (χ3n) is 2.00. The Labute approximate surface area is 118 Å². The van der Waals surface area contributed by atoms with Gasteiger partial charge in [0.25, 0.3) is 10.1 Å². The van der Waals surface area contributed by atoms with Crippen molar-refractivity contribution >= 4 is 38.2 Å². The van der Waals surface area contributed by atoms with Gasteiger partial charge >= 0.3 is 16.3 Å². The van der Waals surface area contributed by atoms with Gasteiger partial charge in [-0.3, -0.25) is 20.3 Å². The minimum atomic E-state index is -4.97. The fraction of sp³-hybridized carbons (Fsp3) is 0.571. The highest BCUT2D eigenvalue weighted by Crippen LogP contribution is 2.12. The van der Waals surface area contributed by atoms with Crippen LogP contribution in [0.4, 0.5) is 4.79 Å². The maximum Gasteiger partial charge on any atom is 0.549 e. The van der Waals surface area contributed by atoms with E-state index in [1.807, 2.05) is 0 Å². The van der Waals surface area contributed by atoms with E-state index >= 15 is 0 Å². The van der Waals surface area contributed by atoms with Crippen molar-refractivity contribution in [2.24, 2.45) is 0 Å². The number of carbonyl (C=O) groups is 1. The van der Waals surface area contributed by atoms with E-state index in [0.29, 0.717) is 0 Å². The van der Waals surface area contributed by atoms with Crippen LogP contribution in [0.2, 0.25) is 0 Å². The molecular weight excluding hydrogens is 336 g/mol. The van der Waals surface area contributed by atoms with E-state index < -0.39 is 62.2 Å². The fourth-order valence-electron chi connectivity index (χ4n) is 1.10. The zero-order valence-electron chi connectivity index (χ0n) is 10.1. The molecule has 1 atom stereocenters. The molecule has 0 amide bonds. The summed E-state index contributed by atoms with van der Waals surface area (Å²) in [6, 6.07) is 0. The number of cyclic esters (lactones) is 1. The van der Waals surface area contributed by atoms with Gasteiger partial charge in [0, 0.05) is 0 Å². The van der Waals surface area contributed by atoms with Gasteiger partial charge in [-0.1, -0.05) is 0 Å². The van der Waals surface area contributed by atoms with Crippen molar-refractivity contribution in [3.05, 3.63) is 0 Å². The summed E-state index contributed by atoms with van der Waals surface area (Å²) in [4.78, 5) is 18.9. The second kappa shape index (κ2) is 6.23. The average molecular weight is 346 g/mol. The molecule has 1 unspecified atom stereocenters. The number of carbonyl (C=O) groups excluding carboxylic acids is 1. The van der Waals surface area contributed by atoms with E-state index in [4.69, 9.17) is 15.4 Å². The molecule has 0 aromatic rings. The van der Waals surface area contributed by atoms with Gasteiger partial charge in [-0.2, -0.15) is 21.6 Å². The molecule has 1 rings (SSSR count). The van der Waals surface area contributed by atoms with Gasteiger partial charge in [0.15, 0.2) is 5.25 Å². The highest BCUT2D eigenvalue weighted by atomic mass is 32.2. The summed E-state index contributed by atoms with van der Waals surface area (Å²) >= 11 is 0. The molecule has 0 spiro atoms. The molecule has 0 radical (unpaired) electrons. The third-order valence-corrected chi connectivity index (χ3v) is 4.20. The standard InChI is InChI=1S/C7H10N2O10S2/c8-5-3-4(21(13,14)15)6(9)19-20(11,12)2-1-16-7(10)18-17-5/h4,8-9H,1-3H2,(H,13,14,15). The molecular formula is C7H10N2O10S2. The molecule has 0 aromatic carbocycles. The molecule has 0 saturated carbocycles. The zero-order valence-corrected chi connectivity index (χ0v) is 11.8. The lowest BCUT2D eigenvalue weighted by Gasteiger charge is -2.16. The highest BCUT2D eigenvalue weighted by molar-refractivity contribution is 7.88. The summed E-state index contributed by atoms with van der Waals surface area (Å²) in [5.41, 5.74) is 0. The third kappa shape index (κ3) is 5.52. The normalized spacial score (nSPS) is 24.4. The maximum absolute atomic E-state index is 11.4. The lowest BCUT2D eigenvalue weighted by atomic mass is 10.3. The van der Waals surface area contributed by atoms with Crippen LogP contribution in [0.25, 0.3) is 0 Å². The smallest absolute Gasteiger partial charge is 0.431 e. The Balaban J connectivity index is 3.07. The van der Waals surface area contributed by atoms with Crippen LogP contribution in [-0.4, -0.2) is 56.9 Å². The molecule has 1 saturated heterocycles. The van der Waals surface area contributed by atoms with Crippen LogP contribution in [0, 0.1) is 10.8 Å². The van der Waals surface area contributed by atoms with Crippen LogP contribution < -0.4 is 0 Å². The molecule has 0 aromatic heterocycles. The van der Waals surface area contributed by atoms with Gasteiger partial charge in [0.2, 0.25) is 11.8 Å². The molecule has 1 aliphatic rings. The average Bonchev–Trinajstić information content (AvgIpc) is 2.29. The molecule has 1 aliphatic heterocycles. The Morgan fingerprint density at radius 2 is 1.86 bits per heavy atom. The molecule has 1 fully saturated rings. The molecule has 14 heteroatoms. The van der Waals surface area contributed by atoms with E-state index in [0.717, 1.165) is 0 Å². The van der Waals surface area contributed by atoms with Crippen molar-refractivity contribution in [1.29, 1.82) is 10.8 Å². The van der Waals surface area contributed by atoms with Crippen molar-refractivity contribution in [2.75, 3.05) is 12.4 Å². The van der Waals surface area contributed by atoms with E-state index in [1.165, 1.54) is 0 Å². The number of rotatable bonds is 1. The zero-order chi connectivity index (χ0) is 16.3. The SMILES string of the molecule is N=C1CC(S(=O)(=O)O)C(=N)OS(=O)(=O)CCOC(=O)OO1. The highest BCUT2D eigenvalue weighted by Gasteiger charge is 2.35. The van der Waals surface area contributed by atoms with E-state index in [9.17, 15) is 21.6 Å². The number of hydrogen-bond acceptors (Lipinski definition) is 11. The number of nitrogens with one attached hydrogen (secondary N) is 2. The molecule has 0 bridgehead atoms. The first-order chi connectivity index (χ1) is 9.51. The Bertz CT molecular complexity index is 651. The molecule has 1 heterocycles. The van der Waals surface area contributed by atoms with Crippen LogP contribution >= 0.6 is 0 Å². The van der Waals surface area contributed by atoms with Crippen molar-refractivity contribution < 1.29 is 44.9 Å². The first-order valence-electron chi connectivity index (χ1n) is 5.07. The minimum absolute atomic E-state index is 0.721. The van der Waals surface area contributed by atoms with Gasteiger partial charge in [-0.05, 0) is 0 Å². The number of hydrogen-bond donors (Lipinski definition) is 3. The first-order valence-corrected chi connectivity index (χ1v) is 8.15. The first kappa shape index (κ1) is 17.1. The lowest BCUT2D eigenvalue weighted by molar-refractivity contribution is -0.184. The predicted octanol–water partition coefficient (Wildman–Crippen LogP) is -0.968. The van der Waals surface area contributed by atoms with Gasteiger partial charge in [0.1, 0.15) is 12.4 Å². The van der Waals surface area contributed by atoms with E-state index in [1.54, 1.807) is 0 Å². The molecule has 3 N–H and O–H groups in total. The summed E-state index contributed by atoms with van der Waals surface area (Å²) in [5, 5.41) is 12.2. The van der Waals surface area contributed by atoms with E-state index in [2.05, 4.69) is 18.7 Å². The van der Waals surface area contributed by atoms with Crippen LogP contribution in [0.5, 0.6) is 0 Å². The summed E-state index contributed by atoms with van der Waals surface area (Å²) < 4.78 is 62.3. The van der Waals surface area contributed by atoms with Crippen molar-refractivity contribution in [1.82, 2.24) is 0 Å². The molecule has 0 aliphatic carbocycles. The van der Waals surface area contributed by atoms with Gasteiger partial charge in [0.05, 0.1) is 6.42 Å². The van der Waals surface area contributed by atoms with Crippen LogP contribution in [0.1, 0.15) is 6.42 Å². The Hall–Kier alpha value is -1.93. The van der Waals surface area contributed by atoms with Crippen LogP contribution in [0.15, 0.2) is 0 Å². The van der Waals surface area contributed by atoms with Gasteiger partial charge in [-0.25, -0.2) is 4.89 Å². The topological polar surface area (TPSA) is 190 Å². The quantitative estimate of drug-likeness (QED) is 0.230. The summed E-state index contributed by atoms with van der Waals surface area (Å²) in [6.07, 6.45) is -2.46. The summed E-state index contributed by atoms with van der Waals surface area (Å²) in [5.74, 6) is -3.21. The monoisotopic (exact) mass is 346 g/mol. The second-order valence-corrected chi connectivity index (χ2v) is 6.89. The molecule has 120 valence electrons. The van der Waals surface area contributed by atoms with Crippen molar-refractivity contribution in [3.63, 3.8) is 0 Å². The van der Waals surface area contributed by atoms with E-state index in [-0.39, 0.29) is 0 Å². The lowest BCUT2D eigenvalue weighted by Crippen LogP contribution is -2.36. The molecule has 12 nitrogen and oxygen atoms in total. The number of ether oxygens (including phenoxy) is 1. The Kier molecular flexibility index (Phi) is 5.08. The van der Waals surface area contributed by atoms with Crippen LogP contribution in [0.3, 0.4) is 0 Å². The molecule has 21 heavy (non-hydrogen) atoms. The van der Waals surface area contributed by atoms with Crippen molar-refractivity contribution in [3.8, 4) is 0 Å². The summed E-state index contributed by atoms with van der Waals surface area (Å²) in [7, 11) is -9.40. The fourth-order valence-corrected chi connectivity index (χ4v) is 2.61.